The average molecular weight is 296 g/mol. The molecule has 0 aliphatic heterocycles. The predicted molar refractivity (Wildman–Crippen MR) is 88.5 cm³/mol. The van der Waals surface area contributed by atoms with Crippen LogP contribution >= 0.6 is 11.8 Å². The van der Waals surface area contributed by atoms with Crippen LogP contribution in [0.3, 0.4) is 0 Å². The fourth-order valence-corrected chi connectivity index (χ4v) is 3.03. The Morgan fingerprint density at radius 1 is 1.14 bits per heavy atom. The van der Waals surface area contributed by atoms with Gasteiger partial charge in [0.15, 0.2) is 0 Å². The molecule has 0 aromatic heterocycles. The van der Waals surface area contributed by atoms with Gasteiger partial charge in [-0.15, -0.1) is 0 Å². The Bertz CT molecular complexity index is 644. The smallest absolute Gasteiger partial charge is 0.100 e. The Hall–Kier alpha value is -1.76. The molecule has 1 N–H and O–H groups in total. The normalized spacial score (nSPS) is 10.3. The lowest BCUT2D eigenvalue weighted by Gasteiger charge is -2.09. The Morgan fingerprint density at radius 2 is 1.95 bits per heavy atom. The molecule has 2 aromatic rings. The van der Waals surface area contributed by atoms with Crippen molar-refractivity contribution in [3.63, 3.8) is 0 Å². The molecule has 0 aliphatic rings. The summed E-state index contributed by atoms with van der Waals surface area (Å²) < 4.78 is 0. The van der Waals surface area contributed by atoms with Crippen molar-refractivity contribution in [3.05, 3.63) is 59.2 Å². The van der Waals surface area contributed by atoms with Crippen molar-refractivity contribution in [1.29, 1.82) is 5.26 Å². The number of nitriles is 1. The van der Waals surface area contributed by atoms with Gasteiger partial charge in [-0.05, 0) is 49.2 Å². The third-order valence-corrected chi connectivity index (χ3v) is 4.49. The first-order chi connectivity index (χ1) is 10.2. The molecule has 0 aliphatic carbocycles. The molecule has 0 radical (unpaired) electrons. The van der Waals surface area contributed by atoms with Crippen LogP contribution in [0.15, 0.2) is 52.3 Å². The average Bonchev–Trinajstić information content (AvgIpc) is 2.51. The minimum atomic E-state index is 0.749. The van der Waals surface area contributed by atoms with Gasteiger partial charge in [-0.2, -0.15) is 5.26 Å². The van der Waals surface area contributed by atoms with E-state index in [-0.39, 0.29) is 0 Å². The molecule has 2 nitrogen and oxygen atoms in total. The van der Waals surface area contributed by atoms with Crippen molar-refractivity contribution in [2.75, 3.05) is 6.54 Å². The zero-order valence-corrected chi connectivity index (χ0v) is 13.3. The van der Waals surface area contributed by atoms with E-state index >= 15 is 0 Å². The maximum atomic E-state index is 9.38. The van der Waals surface area contributed by atoms with Gasteiger partial charge in [0.2, 0.25) is 0 Å². The van der Waals surface area contributed by atoms with Crippen LogP contribution < -0.4 is 5.32 Å². The van der Waals surface area contributed by atoms with Crippen LogP contribution in [-0.4, -0.2) is 6.54 Å². The summed E-state index contributed by atoms with van der Waals surface area (Å²) in [4.78, 5) is 2.22. The van der Waals surface area contributed by atoms with E-state index in [1.165, 1.54) is 10.5 Å². The summed E-state index contributed by atoms with van der Waals surface area (Å²) in [6.07, 6.45) is 1.12. The summed E-state index contributed by atoms with van der Waals surface area (Å²) in [6.45, 7) is 6.06. The molecule has 0 amide bonds. The second-order valence-electron chi connectivity index (χ2n) is 4.99. The fraction of sp³-hybridized carbons (Fsp3) is 0.278. The first kappa shape index (κ1) is 15.6. The highest BCUT2D eigenvalue weighted by molar-refractivity contribution is 7.99. The highest BCUT2D eigenvalue weighted by atomic mass is 32.2. The maximum absolute atomic E-state index is 9.38. The van der Waals surface area contributed by atoms with E-state index in [4.69, 9.17) is 0 Å². The molecule has 0 fully saturated rings. The number of hydrogen-bond donors (Lipinski definition) is 1. The molecule has 0 unspecified atom stereocenters. The molecule has 0 saturated heterocycles. The molecular weight excluding hydrogens is 276 g/mol. The molecule has 21 heavy (non-hydrogen) atoms. The summed E-state index contributed by atoms with van der Waals surface area (Å²) in [5.41, 5.74) is 3.15. The maximum Gasteiger partial charge on any atom is 0.100 e. The van der Waals surface area contributed by atoms with Gasteiger partial charge in [0.1, 0.15) is 6.07 Å². The van der Waals surface area contributed by atoms with Gasteiger partial charge in [0.05, 0.1) is 5.56 Å². The summed E-state index contributed by atoms with van der Waals surface area (Å²) >= 11 is 1.66. The first-order valence-corrected chi connectivity index (χ1v) is 8.03. The lowest BCUT2D eigenvalue weighted by Crippen LogP contribution is -2.13. The standard InChI is InChI=1S/C18H20N2S/c1-3-10-20-13-15-8-9-18(16(11-15)12-19)21-17-7-5-4-6-14(17)2/h4-9,11,20H,3,10,13H2,1-2H3. The van der Waals surface area contributed by atoms with Crippen molar-refractivity contribution >= 4 is 11.8 Å². The zero-order valence-electron chi connectivity index (χ0n) is 12.5. The van der Waals surface area contributed by atoms with Crippen LogP contribution in [0.1, 0.15) is 30.0 Å². The Balaban J connectivity index is 2.17. The van der Waals surface area contributed by atoms with Crippen molar-refractivity contribution < 1.29 is 0 Å². The van der Waals surface area contributed by atoms with Crippen LogP contribution in [-0.2, 0) is 6.54 Å². The van der Waals surface area contributed by atoms with Gasteiger partial charge in [-0.1, -0.05) is 43.0 Å². The quantitative estimate of drug-likeness (QED) is 0.796. The molecule has 2 aromatic carbocycles. The van der Waals surface area contributed by atoms with Crippen molar-refractivity contribution in [3.8, 4) is 6.07 Å². The molecule has 108 valence electrons. The molecule has 2 rings (SSSR count). The van der Waals surface area contributed by atoms with Gasteiger partial charge in [0, 0.05) is 16.3 Å². The van der Waals surface area contributed by atoms with E-state index in [0.29, 0.717) is 0 Å². The van der Waals surface area contributed by atoms with Crippen molar-refractivity contribution in [2.45, 2.75) is 36.6 Å². The molecule has 0 atom stereocenters. The van der Waals surface area contributed by atoms with Crippen LogP contribution in [0, 0.1) is 18.3 Å². The van der Waals surface area contributed by atoms with E-state index in [2.05, 4.69) is 49.5 Å². The number of benzene rings is 2. The van der Waals surface area contributed by atoms with Crippen LogP contribution in [0.25, 0.3) is 0 Å². The highest BCUT2D eigenvalue weighted by Gasteiger charge is 2.07. The Morgan fingerprint density at radius 3 is 2.67 bits per heavy atom. The number of hydrogen-bond acceptors (Lipinski definition) is 3. The number of nitrogens with zero attached hydrogens (tertiary/aromatic N) is 1. The van der Waals surface area contributed by atoms with Gasteiger partial charge in [0.25, 0.3) is 0 Å². The van der Waals surface area contributed by atoms with Gasteiger partial charge in [-0.3, -0.25) is 0 Å². The van der Waals surface area contributed by atoms with Crippen LogP contribution in [0.4, 0.5) is 0 Å². The Kier molecular flexibility index (Phi) is 5.86. The molecule has 3 heteroatoms. The number of nitrogens with one attached hydrogen (secondary N) is 1. The third kappa shape index (κ3) is 4.35. The monoisotopic (exact) mass is 296 g/mol. The van der Waals surface area contributed by atoms with E-state index in [9.17, 15) is 5.26 Å². The van der Waals surface area contributed by atoms with Crippen molar-refractivity contribution in [2.24, 2.45) is 0 Å². The lowest BCUT2D eigenvalue weighted by atomic mass is 10.1. The van der Waals surface area contributed by atoms with Crippen molar-refractivity contribution in [1.82, 2.24) is 5.32 Å². The molecular formula is C18H20N2S. The summed E-state index contributed by atoms with van der Waals surface area (Å²) in [6, 6.07) is 16.7. The fourth-order valence-electron chi connectivity index (χ4n) is 2.06. The number of rotatable bonds is 6. The van der Waals surface area contributed by atoms with Crippen LogP contribution in [0.2, 0.25) is 0 Å². The topological polar surface area (TPSA) is 35.8 Å². The summed E-state index contributed by atoms with van der Waals surface area (Å²) in [5.74, 6) is 0. The van der Waals surface area contributed by atoms with Crippen LogP contribution in [0.5, 0.6) is 0 Å². The second kappa shape index (κ2) is 7.87. The first-order valence-electron chi connectivity index (χ1n) is 7.22. The van der Waals surface area contributed by atoms with E-state index < -0.39 is 0 Å². The molecule has 0 heterocycles. The van der Waals surface area contributed by atoms with E-state index in [0.717, 1.165) is 35.5 Å². The Labute approximate surface area is 131 Å². The van der Waals surface area contributed by atoms with Gasteiger partial charge < -0.3 is 5.32 Å². The minimum absolute atomic E-state index is 0.749. The predicted octanol–water partition coefficient (Wildman–Crippen LogP) is 4.52. The zero-order chi connectivity index (χ0) is 15.1. The lowest BCUT2D eigenvalue weighted by molar-refractivity contribution is 0.675. The SMILES string of the molecule is CCCNCc1ccc(Sc2ccccc2C)c(C#N)c1. The summed E-state index contributed by atoms with van der Waals surface area (Å²) in [7, 11) is 0. The number of aryl methyl sites for hydroxylation is 1. The highest BCUT2D eigenvalue weighted by Crippen LogP contribution is 2.32. The largest absolute Gasteiger partial charge is 0.313 e. The second-order valence-corrected chi connectivity index (χ2v) is 6.07. The molecule has 0 bridgehead atoms. The van der Waals surface area contributed by atoms with E-state index in [1.807, 2.05) is 18.2 Å². The third-order valence-electron chi connectivity index (χ3n) is 3.23. The molecule has 0 spiro atoms. The van der Waals surface area contributed by atoms with Gasteiger partial charge >= 0.3 is 0 Å². The minimum Gasteiger partial charge on any atom is -0.313 e. The summed E-state index contributed by atoms with van der Waals surface area (Å²) in [5, 5.41) is 12.7. The van der Waals surface area contributed by atoms with Gasteiger partial charge in [-0.25, -0.2) is 0 Å². The molecule has 0 saturated carbocycles. The van der Waals surface area contributed by atoms with E-state index in [1.54, 1.807) is 11.8 Å².